The fourth-order valence-corrected chi connectivity index (χ4v) is 1.60. The molecule has 0 heterocycles. The molecule has 5 heteroatoms. The molecule has 3 N–H and O–H groups in total. The lowest BCUT2D eigenvalue weighted by atomic mass is 9.87. The zero-order valence-electron chi connectivity index (χ0n) is 6.58. The summed E-state index contributed by atoms with van der Waals surface area (Å²) in [7, 11) is 0. The van der Waals surface area contributed by atoms with Gasteiger partial charge in [0.25, 0.3) is 0 Å². The van der Waals surface area contributed by atoms with Crippen LogP contribution in [-0.4, -0.2) is 17.0 Å². The van der Waals surface area contributed by atoms with Gasteiger partial charge in [-0.1, -0.05) is 12.8 Å². The molecule has 1 saturated carbocycles. The summed E-state index contributed by atoms with van der Waals surface area (Å²) in [5.74, 6) is 2.71. The molecule has 0 radical (unpaired) electrons. The number of carboxylic acids is 1. The number of carbonyl (C=O) groups is 2. The quantitative estimate of drug-likeness (QED) is 0.454. The van der Waals surface area contributed by atoms with Crippen molar-refractivity contribution < 1.29 is 19.5 Å². The zero-order valence-corrected chi connectivity index (χ0v) is 6.58. The number of nitrogens with two attached hydrogens (primary N) is 1. The van der Waals surface area contributed by atoms with Crippen LogP contribution in [0.4, 0.5) is 0 Å². The Morgan fingerprint density at radius 2 is 1.83 bits per heavy atom. The molecule has 1 fully saturated rings. The summed E-state index contributed by atoms with van der Waals surface area (Å²) in [5.41, 5.74) is -1.37. The lowest BCUT2D eigenvalue weighted by Gasteiger charge is -2.18. The van der Waals surface area contributed by atoms with Crippen LogP contribution < -0.4 is 5.90 Å². The molecule has 0 atom stereocenters. The van der Waals surface area contributed by atoms with Crippen molar-refractivity contribution in [2.75, 3.05) is 0 Å². The average Bonchev–Trinajstić information content (AvgIpc) is 2.52. The normalized spacial score (nSPS) is 20.4. The third-order valence-corrected chi connectivity index (χ3v) is 2.36. The summed E-state index contributed by atoms with van der Waals surface area (Å²) in [4.78, 5) is 25.8. The number of rotatable bonds is 2. The number of carboxylic acid groups (broad SMARTS) is 1. The molecule has 0 spiro atoms. The van der Waals surface area contributed by atoms with Gasteiger partial charge in [-0.15, -0.1) is 0 Å². The van der Waals surface area contributed by atoms with Crippen molar-refractivity contribution in [2.45, 2.75) is 25.7 Å². The average molecular weight is 173 g/mol. The summed E-state index contributed by atoms with van der Waals surface area (Å²) in [6.07, 6.45) is 2.14. The van der Waals surface area contributed by atoms with Crippen molar-refractivity contribution in [3.63, 3.8) is 0 Å². The zero-order chi connectivity index (χ0) is 9.19. The van der Waals surface area contributed by atoms with Gasteiger partial charge in [0, 0.05) is 0 Å². The molecule has 0 bridgehead atoms. The molecule has 12 heavy (non-hydrogen) atoms. The van der Waals surface area contributed by atoms with Crippen molar-refractivity contribution in [1.82, 2.24) is 0 Å². The van der Waals surface area contributed by atoms with Crippen LogP contribution in [0.1, 0.15) is 25.7 Å². The fourth-order valence-electron chi connectivity index (χ4n) is 1.60. The maximum atomic E-state index is 11.0. The van der Waals surface area contributed by atoms with Gasteiger partial charge in [0.2, 0.25) is 0 Å². The van der Waals surface area contributed by atoms with Gasteiger partial charge in [-0.2, -0.15) is 5.90 Å². The van der Waals surface area contributed by atoms with Gasteiger partial charge in [-0.3, -0.25) is 4.79 Å². The number of aliphatic carboxylic acids is 1. The summed E-state index contributed by atoms with van der Waals surface area (Å²) in [5, 5.41) is 8.81. The third-order valence-electron chi connectivity index (χ3n) is 2.36. The van der Waals surface area contributed by atoms with Crippen LogP contribution in [0.3, 0.4) is 0 Å². The highest BCUT2D eigenvalue weighted by atomic mass is 16.7. The molecule has 0 aromatic heterocycles. The minimum Gasteiger partial charge on any atom is -0.480 e. The van der Waals surface area contributed by atoms with Gasteiger partial charge in [0.1, 0.15) is 0 Å². The molecule has 0 aromatic rings. The lowest BCUT2D eigenvalue weighted by Crippen LogP contribution is -2.39. The first-order valence-corrected chi connectivity index (χ1v) is 3.78. The highest BCUT2D eigenvalue weighted by Crippen LogP contribution is 2.39. The molecule has 0 amide bonds. The van der Waals surface area contributed by atoms with E-state index in [4.69, 9.17) is 5.11 Å². The van der Waals surface area contributed by atoms with Crippen molar-refractivity contribution in [2.24, 2.45) is 11.3 Å². The topological polar surface area (TPSA) is 89.6 Å². The summed E-state index contributed by atoms with van der Waals surface area (Å²) in [6, 6.07) is 0. The standard InChI is InChI=1S/C7H11NO4/c8-12-6(11)7(5(9)10)3-1-2-4-7/h1-4,8H2,(H,9,10). The third kappa shape index (κ3) is 1.16. The van der Waals surface area contributed by atoms with E-state index >= 15 is 0 Å². The Balaban J connectivity index is 2.86. The monoisotopic (exact) mass is 173 g/mol. The number of carbonyl (C=O) groups excluding carboxylic acids is 1. The van der Waals surface area contributed by atoms with E-state index in [2.05, 4.69) is 10.7 Å². The van der Waals surface area contributed by atoms with Gasteiger partial charge in [-0.05, 0) is 12.8 Å². The molecule has 68 valence electrons. The molecule has 5 nitrogen and oxygen atoms in total. The van der Waals surface area contributed by atoms with Gasteiger partial charge in [0.15, 0.2) is 5.41 Å². The predicted octanol–water partition coefficient (Wildman–Crippen LogP) is 0.0483. The summed E-state index contributed by atoms with van der Waals surface area (Å²) in [6.45, 7) is 0. The molecule has 0 aliphatic heterocycles. The second kappa shape index (κ2) is 3.10. The first-order valence-electron chi connectivity index (χ1n) is 3.78. The Kier molecular flexibility index (Phi) is 2.32. The molecule has 0 aromatic carbocycles. The Bertz CT molecular complexity index is 207. The summed E-state index contributed by atoms with van der Waals surface area (Å²) < 4.78 is 0. The van der Waals surface area contributed by atoms with Crippen molar-refractivity contribution in [3.8, 4) is 0 Å². The van der Waals surface area contributed by atoms with Crippen LogP contribution in [0.25, 0.3) is 0 Å². The van der Waals surface area contributed by atoms with E-state index in [0.717, 1.165) is 12.8 Å². The van der Waals surface area contributed by atoms with E-state index in [0.29, 0.717) is 12.8 Å². The first kappa shape index (κ1) is 8.99. The van der Waals surface area contributed by atoms with Crippen molar-refractivity contribution in [3.05, 3.63) is 0 Å². The second-order valence-corrected chi connectivity index (χ2v) is 3.00. The molecule has 1 aliphatic carbocycles. The molecule has 1 aliphatic rings. The van der Waals surface area contributed by atoms with Crippen LogP contribution >= 0.6 is 0 Å². The van der Waals surface area contributed by atoms with E-state index in [1.165, 1.54) is 0 Å². The Morgan fingerprint density at radius 3 is 2.17 bits per heavy atom. The first-order chi connectivity index (χ1) is 5.63. The maximum Gasteiger partial charge on any atom is 0.341 e. The van der Waals surface area contributed by atoms with Crippen LogP contribution in [-0.2, 0) is 14.4 Å². The minimum absolute atomic E-state index is 0.332. The molecule has 0 unspecified atom stereocenters. The van der Waals surface area contributed by atoms with Crippen LogP contribution in [0.15, 0.2) is 0 Å². The lowest BCUT2D eigenvalue weighted by molar-refractivity contribution is -0.168. The molecule has 1 rings (SSSR count). The number of hydrogen-bond donors (Lipinski definition) is 2. The van der Waals surface area contributed by atoms with E-state index in [1.807, 2.05) is 0 Å². The van der Waals surface area contributed by atoms with E-state index in [9.17, 15) is 9.59 Å². The SMILES string of the molecule is NOC(=O)C1(C(=O)O)CCCC1. The second-order valence-electron chi connectivity index (χ2n) is 3.00. The highest BCUT2D eigenvalue weighted by molar-refractivity contribution is 5.99. The largest absolute Gasteiger partial charge is 0.480 e. The molecular weight excluding hydrogens is 162 g/mol. The van der Waals surface area contributed by atoms with Crippen LogP contribution in [0, 0.1) is 5.41 Å². The van der Waals surface area contributed by atoms with E-state index in [-0.39, 0.29) is 0 Å². The Morgan fingerprint density at radius 1 is 1.33 bits per heavy atom. The minimum atomic E-state index is -1.37. The molecular formula is C7H11NO4. The highest BCUT2D eigenvalue weighted by Gasteiger charge is 2.49. The van der Waals surface area contributed by atoms with Gasteiger partial charge in [0.05, 0.1) is 0 Å². The Labute approximate surface area is 69.4 Å². The van der Waals surface area contributed by atoms with E-state index < -0.39 is 17.4 Å². The smallest absolute Gasteiger partial charge is 0.341 e. The summed E-state index contributed by atoms with van der Waals surface area (Å²) >= 11 is 0. The van der Waals surface area contributed by atoms with Gasteiger partial charge < -0.3 is 9.94 Å². The van der Waals surface area contributed by atoms with E-state index in [1.54, 1.807) is 0 Å². The van der Waals surface area contributed by atoms with Crippen LogP contribution in [0.5, 0.6) is 0 Å². The Hall–Kier alpha value is -1.10. The predicted molar refractivity (Wildman–Crippen MR) is 38.8 cm³/mol. The maximum absolute atomic E-state index is 11.0. The van der Waals surface area contributed by atoms with Crippen LogP contribution in [0.2, 0.25) is 0 Å². The fraction of sp³-hybridized carbons (Fsp3) is 0.714. The van der Waals surface area contributed by atoms with Gasteiger partial charge in [-0.25, -0.2) is 4.79 Å². The van der Waals surface area contributed by atoms with Gasteiger partial charge >= 0.3 is 11.9 Å². The van der Waals surface area contributed by atoms with Crippen molar-refractivity contribution in [1.29, 1.82) is 0 Å². The molecule has 0 saturated heterocycles. The number of hydrogen-bond acceptors (Lipinski definition) is 4. The van der Waals surface area contributed by atoms with Crippen molar-refractivity contribution >= 4 is 11.9 Å².